The molecule has 1 aliphatic carbocycles. The van der Waals surface area contributed by atoms with Crippen molar-refractivity contribution in [1.82, 2.24) is 5.32 Å². The predicted molar refractivity (Wildman–Crippen MR) is 82.8 cm³/mol. The van der Waals surface area contributed by atoms with E-state index in [4.69, 9.17) is 0 Å². The predicted octanol–water partition coefficient (Wildman–Crippen LogP) is 2.58. The lowest BCUT2D eigenvalue weighted by molar-refractivity contribution is -0.384. The van der Waals surface area contributed by atoms with Gasteiger partial charge in [0.2, 0.25) is 0 Å². The summed E-state index contributed by atoms with van der Waals surface area (Å²) in [6.07, 6.45) is 2.64. The third kappa shape index (κ3) is 3.36. The van der Waals surface area contributed by atoms with Gasteiger partial charge in [-0.3, -0.25) is 10.1 Å². The zero-order valence-corrected chi connectivity index (χ0v) is 12.8. The van der Waals surface area contributed by atoms with Crippen molar-refractivity contribution in [1.29, 1.82) is 0 Å². The van der Waals surface area contributed by atoms with Crippen LogP contribution in [0.5, 0.6) is 0 Å². The van der Waals surface area contributed by atoms with Crippen molar-refractivity contribution in [2.24, 2.45) is 5.41 Å². The zero-order valence-electron chi connectivity index (χ0n) is 12.8. The average molecular weight is 307 g/mol. The summed E-state index contributed by atoms with van der Waals surface area (Å²) in [5.41, 5.74) is 0.782. The molecule has 3 N–H and O–H groups in total. The van der Waals surface area contributed by atoms with E-state index in [0.717, 1.165) is 24.8 Å². The van der Waals surface area contributed by atoms with Gasteiger partial charge in [-0.1, -0.05) is 19.4 Å². The minimum atomic E-state index is -0.498. The van der Waals surface area contributed by atoms with Gasteiger partial charge in [-0.15, -0.1) is 0 Å². The van der Waals surface area contributed by atoms with E-state index in [0.29, 0.717) is 5.69 Å². The highest BCUT2D eigenvalue weighted by Gasteiger charge is 2.39. The van der Waals surface area contributed by atoms with Crippen LogP contribution in [-0.4, -0.2) is 28.7 Å². The Bertz CT molecular complexity index is 590. The number of urea groups is 1. The third-order valence-electron chi connectivity index (χ3n) is 4.43. The van der Waals surface area contributed by atoms with Gasteiger partial charge < -0.3 is 15.7 Å². The molecule has 7 nitrogen and oxygen atoms in total. The molecule has 0 bridgehead atoms. The number of nitrogens with zero attached hydrogens (tertiary/aromatic N) is 1. The topological polar surface area (TPSA) is 105 Å². The van der Waals surface area contributed by atoms with Crippen LogP contribution in [-0.2, 0) is 0 Å². The van der Waals surface area contributed by atoms with Crippen molar-refractivity contribution in [3.05, 3.63) is 33.9 Å². The lowest BCUT2D eigenvalue weighted by Gasteiger charge is -2.30. The number of nitro groups is 1. The number of hydrogen-bond acceptors (Lipinski definition) is 4. The number of nitro benzene ring substituents is 1. The fraction of sp³-hybridized carbons (Fsp3) is 0.533. The summed E-state index contributed by atoms with van der Waals surface area (Å²) in [4.78, 5) is 22.4. The van der Waals surface area contributed by atoms with Crippen molar-refractivity contribution < 1.29 is 14.8 Å². The molecule has 1 aliphatic rings. The number of nitrogens with one attached hydrogen (secondary N) is 2. The molecule has 1 fully saturated rings. The van der Waals surface area contributed by atoms with Crippen LogP contribution in [0.1, 0.15) is 31.7 Å². The van der Waals surface area contributed by atoms with Crippen LogP contribution in [0.15, 0.2) is 18.2 Å². The highest BCUT2D eigenvalue weighted by atomic mass is 16.6. The monoisotopic (exact) mass is 307 g/mol. The quantitative estimate of drug-likeness (QED) is 0.587. The van der Waals surface area contributed by atoms with E-state index in [1.165, 1.54) is 12.1 Å². The van der Waals surface area contributed by atoms with Gasteiger partial charge in [0.05, 0.1) is 17.2 Å². The van der Waals surface area contributed by atoms with Crippen LogP contribution in [0.25, 0.3) is 0 Å². The number of hydrogen-bond donors (Lipinski definition) is 3. The molecule has 1 aromatic carbocycles. The Morgan fingerprint density at radius 1 is 1.55 bits per heavy atom. The lowest BCUT2D eigenvalue weighted by atomic mass is 9.86. The number of aliphatic hydroxyl groups excluding tert-OH is 1. The van der Waals surface area contributed by atoms with Crippen LogP contribution in [0, 0.1) is 22.5 Å². The maximum absolute atomic E-state index is 12.1. The minimum absolute atomic E-state index is 0.0216. The second-order valence-electron chi connectivity index (χ2n) is 6.11. The molecule has 0 aliphatic heterocycles. The maximum Gasteiger partial charge on any atom is 0.319 e. The largest absolute Gasteiger partial charge is 0.396 e. The summed E-state index contributed by atoms with van der Waals surface area (Å²) < 4.78 is 0. The van der Waals surface area contributed by atoms with E-state index in [1.807, 2.05) is 6.92 Å². The SMILES string of the molecule is Cc1ccc([N+](=O)[O-])cc1NC(=O)NC1CCCC1(C)CO. The Hall–Kier alpha value is -2.15. The van der Waals surface area contributed by atoms with Gasteiger partial charge in [0.25, 0.3) is 5.69 Å². The van der Waals surface area contributed by atoms with Crippen molar-refractivity contribution in [2.45, 2.75) is 39.2 Å². The molecule has 2 amide bonds. The Morgan fingerprint density at radius 2 is 2.27 bits per heavy atom. The van der Waals surface area contributed by atoms with E-state index in [1.54, 1.807) is 13.0 Å². The first-order valence-corrected chi connectivity index (χ1v) is 7.29. The summed E-state index contributed by atoms with van der Waals surface area (Å²) >= 11 is 0. The van der Waals surface area contributed by atoms with Crippen LogP contribution < -0.4 is 10.6 Å². The summed E-state index contributed by atoms with van der Waals surface area (Å²) in [6, 6.07) is 3.83. The second-order valence-corrected chi connectivity index (χ2v) is 6.11. The van der Waals surface area contributed by atoms with Crippen LogP contribution in [0.2, 0.25) is 0 Å². The summed E-state index contributed by atoms with van der Waals surface area (Å²) in [7, 11) is 0. The molecule has 2 rings (SSSR count). The summed E-state index contributed by atoms with van der Waals surface area (Å²) in [6.45, 7) is 3.74. The number of benzene rings is 1. The third-order valence-corrected chi connectivity index (χ3v) is 4.43. The molecule has 7 heteroatoms. The fourth-order valence-electron chi connectivity index (χ4n) is 2.84. The van der Waals surface area contributed by atoms with Crippen molar-refractivity contribution in [3.63, 3.8) is 0 Å². The first kappa shape index (κ1) is 16.2. The molecule has 2 atom stereocenters. The van der Waals surface area contributed by atoms with E-state index in [2.05, 4.69) is 10.6 Å². The highest BCUT2D eigenvalue weighted by molar-refractivity contribution is 5.90. The molecular formula is C15H21N3O4. The lowest BCUT2D eigenvalue weighted by Crippen LogP contribution is -2.46. The molecule has 0 radical (unpaired) electrons. The van der Waals surface area contributed by atoms with Gasteiger partial charge in [0, 0.05) is 23.6 Å². The number of carbonyl (C=O) groups is 1. The number of rotatable bonds is 4. The molecule has 0 saturated heterocycles. The van der Waals surface area contributed by atoms with Gasteiger partial charge >= 0.3 is 6.03 Å². The maximum atomic E-state index is 12.1. The molecule has 22 heavy (non-hydrogen) atoms. The number of aliphatic hydroxyl groups is 1. The molecule has 0 spiro atoms. The van der Waals surface area contributed by atoms with Gasteiger partial charge in [-0.25, -0.2) is 4.79 Å². The molecular weight excluding hydrogens is 286 g/mol. The Morgan fingerprint density at radius 3 is 2.91 bits per heavy atom. The van der Waals surface area contributed by atoms with Gasteiger partial charge in [-0.2, -0.15) is 0 Å². The first-order valence-electron chi connectivity index (χ1n) is 7.29. The molecule has 2 unspecified atom stereocenters. The highest BCUT2D eigenvalue weighted by Crippen LogP contribution is 2.37. The summed E-state index contributed by atoms with van der Waals surface area (Å²) in [5.74, 6) is 0. The van der Waals surface area contributed by atoms with E-state index >= 15 is 0 Å². The van der Waals surface area contributed by atoms with Crippen LogP contribution in [0.3, 0.4) is 0 Å². The molecule has 1 saturated carbocycles. The molecule has 120 valence electrons. The average Bonchev–Trinajstić information content (AvgIpc) is 2.83. The Labute approximate surface area is 128 Å². The summed E-state index contributed by atoms with van der Waals surface area (Å²) in [5, 5.41) is 25.8. The minimum Gasteiger partial charge on any atom is -0.396 e. The van der Waals surface area contributed by atoms with E-state index < -0.39 is 11.0 Å². The van der Waals surface area contributed by atoms with Gasteiger partial charge in [0.15, 0.2) is 0 Å². The van der Waals surface area contributed by atoms with Crippen LogP contribution in [0.4, 0.5) is 16.2 Å². The van der Waals surface area contributed by atoms with Crippen LogP contribution >= 0.6 is 0 Å². The normalized spacial score (nSPS) is 24.0. The number of amides is 2. The Balaban J connectivity index is 2.06. The second kappa shape index (κ2) is 6.31. The van der Waals surface area contributed by atoms with Crippen molar-refractivity contribution >= 4 is 17.4 Å². The van der Waals surface area contributed by atoms with Crippen molar-refractivity contribution in [3.8, 4) is 0 Å². The van der Waals surface area contributed by atoms with Crippen molar-refractivity contribution in [2.75, 3.05) is 11.9 Å². The number of anilines is 1. The van der Waals surface area contributed by atoms with E-state index in [-0.39, 0.29) is 23.8 Å². The fourth-order valence-corrected chi connectivity index (χ4v) is 2.84. The number of aryl methyl sites for hydroxylation is 1. The smallest absolute Gasteiger partial charge is 0.319 e. The first-order chi connectivity index (χ1) is 10.4. The zero-order chi connectivity index (χ0) is 16.3. The molecule has 0 heterocycles. The molecule has 1 aromatic rings. The molecule has 0 aromatic heterocycles. The Kier molecular flexibility index (Phi) is 4.65. The van der Waals surface area contributed by atoms with Gasteiger partial charge in [-0.05, 0) is 25.3 Å². The standard InChI is InChI=1S/C15H21N3O4/c1-10-5-6-11(18(21)22)8-12(10)16-14(20)17-13-4-3-7-15(13,2)9-19/h5-6,8,13,19H,3-4,7,9H2,1-2H3,(H2,16,17,20). The number of carbonyl (C=O) groups excluding carboxylic acids is 1. The van der Waals surface area contributed by atoms with E-state index in [9.17, 15) is 20.0 Å². The number of non-ortho nitro benzene ring substituents is 1. The van der Waals surface area contributed by atoms with Gasteiger partial charge in [0.1, 0.15) is 0 Å².